The molecular formula is C16H22N4O3. The minimum atomic E-state index is -0.177. The van der Waals surface area contributed by atoms with Crippen LogP contribution in [0.2, 0.25) is 0 Å². The molecule has 0 radical (unpaired) electrons. The van der Waals surface area contributed by atoms with Crippen molar-refractivity contribution in [3.8, 4) is 5.75 Å². The maximum absolute atomic E-state index is 11.2. The molecule has 1 heterocycles. The van der Waals surface area contributed by atoms with Crippen LogP contribution in [0.15, 0.2) is 28.8 Å². The number of amides is 1. The van der Waals surface area contributed by atoms with Gasteiger partial charge in [-0.1, -0.05) is 25.1 Å². The van der Waals surface area contributed by atoms with Crippen molar-refractivity contribution in [1.29, 1.82) is 0 Å². The van der Waals surface area contributed by atoms with Gasteiger partial charge in [0, 0.05) is 24.7 Å². The number of likely N-dealkylation sites (N-methyl/N-ethyl adjacent to an activating group) is 1. The number of nitrogens with zero attached hydrogens (tertiary/aromatic N) is 2. The van der Waals surface area contributed by atoms with Crippen LogP contribution in [0.5, 0.6) is 5.75 Å². The second kappa shape index (κ2) is 7.62. The number of benzene rings is 1. The zero-order chi connectivity index (χ0) is 16.8. The highest BCUT2D eigenvalue weighted by atomic mass is 16.5. The molecule has 0 spiro atoms. The number of ether oxygens (including phenoxy) is 1. The van der Waals surface area contributed by atoms with E-state index in [2.05, 4.69) is 20.8 Å². The lowest BCUT2D eigenvalue weighted by molar-refractivity contribution is -0.122. The Morgan fingerprint density at radius 2 is 2.13 bits per heavy atom. The van der Waals surface area contributed by atoms with E-state index in [1.165, 1.54) is 0 Å². The Kier molecular flexibility index (Phi) is 5.56. The molecule has 7 heteroatoms. The van der Waals surface area contributed by atoms with Gasteiger partial charge < -0.3 is 19.9 Å². The van der Waals surface area contributed by atoms with Gasteiger partial charge in [0.1, 0.15) is 11.8 Å². The van der Waals surface area contributed by atoms with Gasteiger partial charge in [-0.3, -0.25) is 4.79 Å². The average Bonchev–Trinajstić information content (AvgIpc) is 3.03. The summed E-state index contributed by atoms with van der Waals surface area (Å²) in [5.74, 6) is 1.88. The van der Waals surface area contributed by atoms with Gasteiger partial charge in [0.2, 0.25) is 5.89 Å². The molecule has 2 aromatic rings. The molecule has 0 aliphatic rings. The molecule has 0 saturated heterocycles. The average molecular weight is 318 g/mol. The third-order valence-electron chi connectivity index (χ3n) is 3.21. The highest BCUT2D eigenvalue weighted by Gasteiger charge is 2.16. The van der Waals surface area contributed by atoms with E-state index in [-0.39, 0.29) is 24.5 Å². The van der Waals surface area contributed by atoms with Crippen LogP contribution in [-0.4, -0.2) is 29.7 Å². The Balaban J connectivity index is 1.99. The summed E-state index contributed by atoms with van der Waals surface area (Å²) in [7, 11) is 1.57. The van der Waals surface area contributed by atoms with Crippen LogP contribution in [0.3, 0.4) is 0 Å². The van der Waals surface area contributed by atoms with E-state index < -0.39 is 0 Å². The summed E-state index contributed by atoms with van der Waals surface area (Å²) in [4.78, 5) is 15.6. The normalized spacial score (nSPS) is 12.0. The minimum absolute atomic E-state index is 0.0169. The maximum Gasteiger partial charge on any atom is 0.257 e. The monoisotopic (exact) mass is 318 g/mol. The van der Waals surface area contributed by atoms with Gasteiger partial charge in [-0.2, -0.15) is 4.98 Å². The summed E-state index contributed by atoms with van der Waals surface area (Å²) in [5.41, 5.74) is 0.844. The molecule has 23 heavy (non-hydrogen) atoms. The largest absolute Gasteiger partial charge is 0.484 e. The Morgan fingerprint density at radius 1 is 1.35 bits per heavy atom. The number of anilines is 1. The van der Waals surface area contributed by atoms with E-state index in [0.29, 0.717) is 17.5 Å². The van der Waals surface area contributed by atoms with Crippen LogP contribution in [0.1, 0.15) is 44.4 Å². The predicted molar refractivity (Wildman–Crippen MR) is 86.4 cm³/mol. The van der Waals surface area contributed by atoms with Gasteiger partial charge in [-0.15, -0.1) is 0 Å². The quantitative estimate of drug-likeness (QED) is 0.815. The van der Waals surface area contributed by atoms with E-state index in [1.54, 1.807) is 13.1 Å². The Hall–Kier alpha value is -2.57. The van der Waals surface area contributed by atoms with Crippen molar-refractivity contribution in [3.63, 3.8) is 0 Å². The van der Waals surface area contributed by atoms with Crippen molar-refractivity contribution in [2.75, 3.05) is 19.0 Å². The van der Waals surface area contributed by atoms with Gasteiger partial charge in [-0.05, 0) is 19.1 Å². The lowest BCUT2D eigenvalue weighted by Crippen LogP contribution is -2.24. The van der Waals surface area contributed by atoms with Crippen LogP contribution in [0, 0.1) is 0 Å². The summed E-state index contributed by atoms with van der Waals surface area (Å²) in [6.45, 7) is 5.95. The second-order valence-electron chi connectivity index (χ2n) is 5.50. The first-order valence-corrected chi connectivity index (χ1v) is 7.53. The van der Waals surface area contributed by atoms with Crippen LogP contribution < -0.4 is 15.4 Å². The van der Waals surface area contributed by atoms with Crippen molar-refractivity contribution in [2.45, 2.75) is 32.7 Å². The summed E-state index contributed by atoms with van der Waals surface area (Å²) in [5, 5.41) is 9.74. The number of carbonyl (C=O) groups is 1. The molecule has 7 nitrogen and oxygen atoms in total. The molecule has 124 valence electrons. The molecule has 0 bridgehead atoms. The van der Waals surface area contributed by atoms with Crippen LogP contribution in [0.25, 0.3) is 0 Å². The summed E-state index contributed by atoms with van der Waals surface area (Å²) in [6.07, 6.45) is 0. The van der Waals surface area contributed by atoms with E-state index in [9.17, 15) is 4.79 Å². The zero-order valence-corrected chi connectivity index (χ0v) is 13.8. The smallest absolute Gasteiger partial charge is 0.257 e. The molecule has 1 amide bonds. The number of rotatable bonds is 7. The molecule has 0 aliphatic heterocycles. The van der Waals surface area contributed by atoms with Gasteiger partial charge in [-0.25, -0.2) is 0 Å². The van der Waals surface area contributed by atoms with Gasteiger partial charge in [0.15, 0.2) is 12.4 Å². The topological polar surface area (TPSA) is 89.3 Å². The van der Waals surface area contributed by atoms with E-state index in [1.807, 2.05) is 39.0 Å². The van der Waals surface area contributed by atoms with Crippen molar-refractivity contribution in [1.82, 2.24) is 15.5 Å². The molecule has 0 aliphatic carbocycles. The highest BCUT2D eigenvalue weighted by molar-refractivity contribution is 5.77. The number of aromatic nitrogens is 2. The number of hydrogen-bond acceptors (Lipinski definition) is 6. The number of hydrogen-bond donors (Lipinski definition) is 2. The molecule has 2 N–H and O–H groups in total. The van der Waals surface area contributed by atoms with Gasteiger partial charge >= 0.3 is 0 Å². The first kappa shape index (κ1) is 16.8. The van der Waals surface area contributed by atoms with Crippen molar-refractivity contribution >= 4 is 11.6 Å². The zero-order valence-electron chi connectivity index (χ0n) is 13.8. The third kappa shape index (κ3) is 4.70. The van der Waals surface area contributed by atoms with Crippen LogP contribution in [-0.2, 0) is 4.79 Å². The van der Waals surface area contributed by atoms with Gasteiger partial charge in [0.05, 0.1) is 0 Å². The summed E-state index contributed by atoms with van der Waals surface area (Å²) in [6, 6.07) is 7.23. The lowest BCUT2D eigenvalue weighted by Gasteiger charge is -2.12. The minimum Gasteiger partial charge on any atom is -0.484 e. The molecule has 0 fully saturated rings. The lowest BCUT2D eigenvalue weighted by atomic mass is 10.2. The fourth-order valence-electron chi connectivity index (χ4n) is 1.87. The van der Waals surface area contributed by atoms with E-state index >= 15 is 0 Å². The molecule has 1 aromatic heterocycles. The van der Waals surface area contributed by atoms with E-state index in [4.69, 9.17) is 9.26 Å². The Labute approximate surface area is 135 Å². The molecule has 1 aromatic carbocycles. The van der Waals surface area contributed by atoms with Crippen molar-refractivity contribution in [2.24, 2.45) is 0 Å². The molecular weight excluding hydrogens is 296 g/mol. The summed E-state index contributed by atoms with van der Waals surface area (Å²) >= 11 is 0. The molecule has 1 atom stereocenters. The van der Waals surface area contributed by atoms with Crippen molar-refractivity contribution < 1.29 is 14.1 Å². The number of carbonyl (C=O) groups excluding carboxylic acids is 1. The fraction of sp³-hybridized carbons (Fsp3) is 0.438. The number of nitrogens with one attached hydrogen (secondary N) is 2. The van der Waals surface area contributed by atoms with Crippen LogP contribution in [0.4, 0.5) is 5.69 Å². The molecule has 0 unspecified atom stereocenters. The SMILES string of the molecule is CNC(=O)COc1cccc(N[C@H](C)c2nc(C(C)C)no2)c1. The van der Waals surface area contributed by atoms with Crippen molar-refractivity contribution in [3.05, 3.63) is 36.0 Å². The first-order chi connectivity index (χ1) is 11.0. The molecule has 0 saturated carbocycles. The van der Waals surface area contributed by atoms with Crippen LogP contribution >= 0.6 is 0 Å². The van der Waals surface area contributed by atoms with E-state index in [0.717, 1.165) is 5.69 Å². The third-order valence-corrected chi connectivity index (χ3v) is 3.21. The Morgan fingerprint density at radius 3 is 2.78 bits per heavy atom. The maximum atomic E-state index is 11.2. The van der Waals surface area contributed by atoms with Gasteiger partial charge in [0.25, 0.3) is 5.91 Å². The standard InChI is InChI=1S/C16H22N4O3/c1-10(2)15-19-16(23-20-15)11(3)18-12-6-5-7-13(8-12)22-9-14(21)17-4/h5-8,10-11,18H,9H2,1-4H3,(H,17,21)/t11-/m1/s1. The fourth-order valence-corrected chi connectivity index (χ4v) is 1.87. The second-order valence-corrected chi connectivity index (χ2v) is 5.50. The first-order valence-electron chi connectivity index (χ1n) is 7.53. The summed E-state index contributed by atoms with van der Waals surface area (Å²) < 4.78 is 10.7. The highest BCUT2D eigenvalue weighted by Crippen LogP contribution is 2.23. The Bertz CT molecular complexity index is 654. The predicted octanol–water partition coefficient (Wildman–Crippen LogP) is 2.49. The molecule has 2 rings (SSSR count).